The first-order chi connectivity index (χ1) is 15.8. The molecule has 13 heteroatoms. The van der Waals surface area contributed by atoms with Crippen molar-refractivity contribution in [3.63, 3.8) is 0 Å². The molecule has 1 aromatic carbocycles. The number of thiol groups is 1. The number of carbonyl (C=O) groups is 5. The van der Waals surface area contributed by atoms with E-state index in [1.807, 2.05) is 0 Å². The molecular formula is C21H30N4O8S. The first kappa shape index (κ1) is 28.7. The number of phenols is 1. The van der Waals surface area contributed by atoms with E-state index in [1.165, 1.54) is 12.1 Å². The predicted octanol–water partition coefficient (Wildman–Crippen LogP) is -1.14. The minimum atomic E-state index is -1.59. The average Bonchev–Trinajstić information content (AvgIpc) is 2.75. The smallest absolute Gasteiger partial charge is 0.326 e. The highest BCUT2D eigenvalue weighted by atomic mass is 32.1. The van der Waals surface area contributed by atoms with Crippen LogP contribution in [0.25, 0.3) is 0 Å². The van der Waals surface area contributed by atoms with Gasteiger partial charge in [-0.15, -0.1) is 0 Å². The van der Waals surface area contributed by atoms with Crippen LogP contribution in [0.15, 0.2) is 24.3 Å². The van der Waals surface area contributed by atoms with Crippen molar-refractivity contribution < 1.29 is 39.3 Å². The van der Waals surface area contributed by atoms with Gasteiger partial charge in [0.1, 0.15) is 23.9 Å². The van der Waals surface area contributed by atoms with E-state index in [0.29, 0.717) is 5.56 Å². The highest BCUT2D eigenvalue weighted by molar-refractivity contribution is 7.80. The number of amides is 3. The maximum Gasteiger partial charge on any atom is 0.326 e. The number of nitrogens with two attached hydrogens (primary N) is 1. The lowest BCUT2D eigenvalue weighted by Crippen LogP contribution is -2.58. The van der Waals surface area contributed by atoms with Crippen LogP contribution in [0.2, 0.25) is 0 Å². The number of carboxylic acid groups (broad SMARTS) is 2. The number of carbonyl (C=O) groups excluding carboxylic acids is 3. The molecule has 8 N–H and O–H groups in total. The van der Waals surface area contributed by atoms with Crippen LogP contribution in [0.1, 0.15) is 25.8 Å². The molecule has 4 unspecified atom stereocenters. The number of nitrogens with one attached hydrogen (secondary N) is 3. The third-order valence-electron chi connectivity index (χ3n) is 4.79. The SMILES string of the molecule is CC(C)C(NC(=O)C(CC(=O)O)NC(=O)C(CS)NC(=O)C(N)Cc1ccc(O)cc1)C(=O)O. The minimum Gasteiger partial charge on any atom is -0.508 e. The minimum absolute atomic E-state index is 0.0524. The lowest BCUT2D eigenvalue weighted by atomic mass is 10.0. The molecule has 0 spiro atoms. The van der Waals surface area contributed by atoms with E-state index >= 15 is 0 Å². The Kier molecular flexibility index (Phi) is 11.3. The van der Waals surface area contributed by atoms with Crippen LogP contribution in [-0.4, -0.2) is 74.9 Å². The Balaban J connectivity index is 2.84. The Hall–Kier alpha value is -3.32. The van der Waals surface area contributed by atoms with Crippen molar-refractivity contribution in [2.75, 3.05) is 5.75 Å². The van der Waals surface area contributed by atoms with Crippen molar-refractivity contribution in [3.05, 3.63) is 29.8 Å². The summed E-state index contributed by atoms with van der Waals surface area (Å²) in [4.78, 5) is 60.1. The molecule has 0 saturated heterocycles. The Morgan fingerprint density at radius 1 is 0.912 bits per heavy atom. The summed E-state index contributed by atoms with van der Waals surface area (Å²) in [5, 5.41) is 34.5. The summed E-state index contributed by atoms with van der Waals surface area (Å²) in [6, 6.07) is 0.877. The molecule has 0 aliphatic carbocycles. The lowest BCUT2D eigenvalue weighted by molar-refractivity contribution is -0.144. The van der Waals surface area contributed by atoms with Crippen LogP contribution >= 0.6 is 12.6 Å². The number of hydrogen-bond donors (Lipinski definition) is 8. The van der Waals surface area contributed by atoms with Gasteiger partial charge in [-0.2, -0.15) is 12.6 Å². The second kappa shape index (κ2) is 13.4. The number of hydrogen-bond acceptors (Lipinski definition) is 8. The molecule has 0 aliphatic heterocycles. The van der Waals surface area contributed by atoms with E-state index in [9.17, 15) is 34.2 Å². The third kappa shape index (κ3) is 9.27. The van der Waals surface area contributed by atoms with Gasteiger partial charge < -0.3 is 37.0 Å². The van der Waals surface area contributed by atoms with E-state index in [2.05, 4.69) is 28.6 Å². The number of benzene rings is 1. The molecule has 12 nitrogen and oxygen atoms in total. The number of phenolic OH excluding ortho intramolecular Hbond substituents is 1. The molecule has 3 amide bonds. The zero-order chi connectivity index (χ0) is 26.0. The number of rotatable bonds is 13. The average molecular weight is 499 g/mol. The second-order valence-corrected chi connectivity index (χ2v) is 8.31. The maximum absolute atomic E-state index is 12.6. The van der Waals surface area contributed by atoms with E-state index in [4.69, 9.17) is 10.8 Å². The Bertz CT molecular complexity index is 893. The molecule has 4 atom stereocenters. The first-order valence-corrected chi connectivity index (χ1v) is 11.0. The molecule has 34 heavy (non-hydrogen) atoms. The fraction of sp³-hybridized carbons (Fsp3) is 0.476. The maximum atomic E-state index is 12.6. The fourth-order valence-corrected chi connectivity index (χ4v) is 3.13. The zero-order valence-corrected chi connectivity index (χ0v) is 19.6. The summed E-state index contributed by atoms with van der Waals surface area (Å²) >= 11 is 4.02. The molecule has 0 saturated carbocycles. The van der Waals surface area contributed by atoms with Gasteiger partial charge in [0.05, 0.1) is 12.5 Å². The summed E-state index contributed by atoms with van der Waals surface area (Å²) in [7, 11) is 0. The van der Waals surface area contributed by atoms with Crippen LogP contribution in [0.4, 0.5) is 0 Å². The van der Waals surface area contributed by atoms with Gasteiger partial charge in [0, 0.05) is 5.75 Å². The van der Waals surface area contributed by atoms with Crippen molar-refractivity contribution in [1.29, 1.82) is 0 Å². The Morgan fingerprint density at radius 2 is 1.44 bits per heavy atom. The van der Waals surface area contributed by atoms with Crippen LogP contribution < -0.4 is 21.7 Å². The molecular weight excluding hydrogens is 468 g/mol. The van der Waals surface area contributed by atoms with E-state index in [-0.39, 0.29) is 17.9 Å². The van der Waals surface area contributed by atoms with Gasteiger partial charge in [-0.3, -0.25) is 19.2 Å². The Labute approximate surface area is 201 Å². The van der Waals surface area contributed by atoms with E-state index in [1.54, 1.807) is 26.0 Å². The van der Waals surface area contributed by atoms with Crippen molar-refractivity contribution in [3.8, 4) is 5.75 Å². The fourth-order valence-electron chi connectivity index (χ4n) is 2.88. The topological polar surface area (TPSA) is 208 Å². The monoisotopic (exact) mass is 498 g/mol. The molecule has 0 aliphatic rings. The van der Waals surface area contributed by atoms with Crippen molar-refractivity contribution >= 4 is 42.3 Å². The van der Waals surface area contributed by atoms with E-state index in [0.717, 1.165) is 0 Å². The van der Waals surface area contributed by atoms with Gasteiger partial charge in [-0.25, -0.2) is 4.79 Å². The number of carboxylic acids is 2. The summed E-state index contributed by atoms with van der Waals surface area (Å²) in [6.07, 6.45) is -0.696. The molecule has 0 heterocycles. The van der Waals surface area contributed by atoms with Crippen LogP contribution in [-0.2, 0) is 30.4 Å². The lowest BCUT2D eigenvalue weighted by Gasteiger charge is -2.24. The summed E-state index contributed by atoms with van der Waals surface area (Å²) in [5.74, 6) is -5.92. The van der Waals surface area contributed by atoms with Gasteiger partial charge in [0.25, 0.3) is 0 Å². The highest BCUT2D eigenvalue weighted by Gasteiger charge is 2.32. The standard InChI is InChI=1S/C21H30N4O8S/c1-10(2)17(21(32)33)25-19(30)14(8-16(27)28)23-20(31)15(9-34)24-18(29)13(22)7-11-3-5-12(26)6-4-11/h3-6,10,13-15,17,26,34H,7-9,22H2,1-2H3,(H,23,31)(H,24,29)(H,25,30)(H,27,28)(H,32,33). The molecule has 0 aromatic heterocycles. The van der Waals surface area contributed by atoms with Gasteiger partial charge in [0.2, 0.25) is 17.7 Å². The molecule has 0 radical (unpaired) electrons. The van der Waals surface area contributed by atoms with Gasteiger partial charge in [0.15, 0.2) is 0 Å². The molecule has 188 valence electrons. The third-order valence-corrected chi connectivity index (χ3v) is 5.15. The van der Waals surface area contributed by atoms with Crippen LogP contribution in [0.3, 0.4) is 0 Å². The van der Waals surface area contributed by atoms with Crippen LogP contribution in [0.5, 0.6) is 5.75 Å². The van der Waals surface area contributed by atoms with Crippen LogP contribution in [0, 0.1) is 5.92 Å². The van der Waals surface area contributed by atoms with Crippen molar-refractivity contribution in [2.24, 2.45) is 11.7 Å². The molecule has 0 bridgehead atoms. The van der Waals surface area contributed by atoms with Gasteiger partial charge in [-0.05, 0) is 30.0 Å². The van der Waals surface area contributed by atoms with Gasteiger partial charge in [-0.1, -0.05) is 26.0 Å². The summed E-state index contributed by atoms with van der Waals surface area (Å²) in [5.41, 5.74) is 6.56. The van der Waals surface area contributed by atoms with Crippen molar-refractivity contribution in [2.45, 2.75) is 50.9 Å². The quantitative estimate of drug-likeness (QED) is 0.154. The highest BCUT2D eigenvalue weighted by Crippen LogP contribution is 2.11. The summed E-state index contributed by atoms with van der Waals surface area (Å²) in [6.45, 7) is 3.11. The molecule has 1 aromatic rings. The molecule has 1 rings (SSSR count). The normalized spacial score (nSPS) is 14.4. The largest absolute Gasteiger partial charge is 0.508 e. The summed E-state index contributed by atoms with van der Waals surface area (Å²) < 4.78 is 0. The van der Waals surface area contributed by atoms with Crippen molar-refractivity contribution in [1.82, 2.24) is 16.0 Å². The number of aliphatic carboxylic acids is 2. The predicted molar refractivity (Wildman–Crippen MR) is 124 cm³/mol. The van der Waals surface area contributed by atoms with Gasteiger partial charge >= 0.3 is 11.9 Å². The Morgan fingerprint density at radius 3 is 1.91 bits per heavy atom. The second-order valence-electron chi connectivity index (χ2n) is 7.95. The molecule has 0 fully saturated rings. The first-order valence-electron chi connectivity index (χ1n) is 10.4. The van der Waals surface area contributed by atoms with E-state index < -0.39 is 66.2 Å². The number of aromatic hydroxyl groups is 1. The zero-order valence-electron chi connectivity index (χ0n) is 18.7.